The van der Waals surface area contributed by atoms with Crippen LogP contribution in [0, 0.1) is 5.92 Å². The van der Waals surface area contributed by atoms with E-state index in [-0.39, 0.29) is 0 Å². The molecule has 0 aliphatic heterocycles. The van der Waals surface area contributed by atoms with Crippen molar-refractivity contribution in [2.45, 2.75) is 32.7 Å². The molecule has 0 spiro atoms. The molecular formula is C13H23NOS. The SMILES string of the molecule is COCC(NCCCc1cccs1)C(C)C. The van der Waals surface area contributed by atoms with E-state index in [0.29, 0.717) is 12.0 Å². The zero-order valence-corrected chi connectivity index (χ0v) is 11.3. The fourth-order valence-electron chi connectivity index (χ4n) is 1.67. The molecule has 0 radical (unpaired) electrons. The molecule has 1 unspecified atom stereocenters. The maximum Gasteiger partial charge on any atom is 0.0618 e. The van der Waals surface area contributed by atoms with Crippen molar-refractivity contribution in [3.05, 3.63) is 22.4 Å². The van der Waals surface area contributed by atoms with Gasteiger partial charge in [0, 0.05) is 18.0 Å². The van der Waals surface area contributed by atoms with E-state index in [9.17, 15) is 0 Å². The number of hydrogen-bond acceptors (Lipinski definition) is 3. The standard InChI is InChI=1S/C13H23NOS/c1-11(2)13(10-15-3)14-8-4-6-12-7-5-9-16-12/h5,7,9,11,13-14H,4,6,8,10H2,1-3H3. The molecule has 1 heterocycles. The molecule has 2 nitrogen and oxygen atoms in total. The zero-order valence-electron chi connectivity index (χ0n) is 10.5. The highest BCUT2D eigenvalue weighted by molar-refractivity contribution is 7.09. The first-order valence-electron chi connectivity index (χ1n) is 5.98. The fourth-order valence-corrected chi connectivity index (χ4v) is 2.42. The molecular weight excluding hydrogens is 218 g/mol. The Kier molecular flexibility index (Phi) is 6.69. The van der Waals surface area contributed by atoms with E-state index in [1.165, 1.54) is 17.7 Å². The molecule has 0 aliphatic carbocycles. The van der Waals surface area contributed by atoms with Gasteiger partial charge in [0.2, 0.25) is 0 Å². The lowest BCUT2D eigenvalue weighted by atomic mass is 10.1. The first kappa shape index (κ1) is 13.7. The summed E-state index contributed by atoms with van der Waals surface area (Å²) in [6, 6.07) is 4.81. The molecule has 0 aromatic carbocycles. The van der Waals surface area contributed by atoms with Crippen molar-refractivity contribution < 1.29 is 4.74 Å². The summed E-state index contributed by atoms with van der Waals surface area (Å²) >= 11 is 1.85. The molecule has 92 valence electrons. The van der Waals surface area contributed by atoms with Crippen molar-refractivity contribution in [3.63, 3.8) is 0 Å². The van der Waals surface area contributed by atoms with Crippen molar-refractivity contribution in [2.75, 3.05) is 20.3 Å². The Morgan fingerprint density at radius 1 is 1.44 bits per heavy atom. The lowest BCUT2D eigenvalue weighted by Gasteiger charge is -2.21. The minimum atomic E-state index is 0.480. The van der Waals surface area contributed by atoms with E-state index in [0.717, 1.165) is 13.2 Å². The first-order valence-corrected chi connectivity index (χ1v) is 6.86. The Bertz CT molecular complexity index is 259. The summed E-state index contributed by atoms with van der Waals surface area (Å²) in [4.78, 5) is 1.48. The number of nitrogens with one attached hydrogen (secondary N) is 1. The zero-order chi connectivity index (χ0) is 11.8. The average molecular weight is 241 g/mol. The minimum absolute atomic E-state index is 0.480. The quantitative estimate of drug-likeness (QED) is 0.707. The van der Waals surface area contributed by atoms with Crippen molar-refractivity contribution in [1.82, 2.24) is 5.32 Å². The van der Waals surface area contributed by atoms with Gasteiger partial charge in [0.1, 0.15) is 0 Å². The lowest BCUT2D eigenvalue weighted by molar-refractivity contribution is 0.147. The van der Waals surface area contributed by atoms with E-state index < -0.39 is 0 Å². The maximum absolute atomic E-state index is 5.21. The summed E-state index contributed by atoms with van der Waals surface area (Å²) in [7, 11) is 1.77. The normalized spacial score (nSPS) is 13.2. The van der Waals surface area contributed by atoms with Crippen LogP contribution in [0.5, 0.6) is 0 Å². The summed E-state index contributed by atoms with van der Waals surface area (Å²) in [5.41, 5.74) is 0. The van der Waals surface area contributed by atoms with Gasteiger partial charge >= 0.3 is 0 Å². The van der Waals surface area contributed by atoms with Gasteiger partial charge < -0.3 is 10.1 Å². The minimum Gasteiger partial charge on any atom is -0.383 e. The molecule has 1 N–H and O–H groups in total. The van der Waals surface area contributed by atoms with Crippen LogP contribution in [0.2, 0.25) is 0 Å². The molecule has 1 rings (SSSR count). The Morgan fingerprint density at radius 2 is 2.25 bits per heavy atom. The van der Waals surface area contributed by atoms with Gasteiger partial charge in [-0.3, -0.25) is 0 Å². The van der Waals surface area contributed by atoms with Crippen molar-refractivity contribution in [3.8, 4) is 0 Å². The van der Waals surface area contributed by atoms with Gasteiger partial charge in [-0.1, -0.05) is 19.9 Å². The van der Waals surface area contributed by atoms with Crippen LogP contribution >= 0.6 is 11.3 Å². The predicted octanol–water partition coefficient (Wildman–Crippen LogP) is 2.94. The molecule has 16 heavy (non-hydrogen) atoms. The highest BCUT2D eigenvalue weighted by atomic mass is 32.1. The summed E-state index contributed by atoms with van der Waals surface area (Å²) in [5, 5.41) is 5.71. The largest absolute Gasteiger partial charge is 0.383 e. The highest BCUT2D eigenvalue weighted by Crippen LogP contribution is 2.10. The predicted molar refractivity (Wildman–Crippen MR) is 71.1 cm³/mol. The molecule has 1 aromatic heterocycles. The van der Waals surface area contributed by atoms with Crippen LogP contribution < -0.4 is 5.32 Å². The van der Waals surface area contributed by atoms with E-state index in [2.05, 4.69) is 36.7 Å². The fraction of sp³-hybridized carbons (Fsp3) is 0.692. The molecule has 1 aromatic rings. The lowest BCUT2D eigenvalue weighted by Crippen LogP contribution is -2.38. The summed E-state index contributed by atoms with van der Waals surface area (Å²) in [5.74, 6) is 0.627. The Balaban J connectivity index is 2.13. The van der Waals surface area contributed by atoms with Crippen LogP contribution in [-0.4, -0.2) is 26.3 Å². The van der Waals surface area contributed by atoms with Gasteiger partial charge in [-0.15, -0.1) is 11.3 Å². The van der Waals surface area contributed by atoms with Gasteiger partial charge in [-0.05, 0) is 36.8 Å². The van der Waals surface area contributed by atoms with Crippen molar-refractivity contribution in [1.29, 1.82) is 0 Å². The van der Waals surface area contributed by atoms with Crippen LogP contribution in [0.4, 0.5) is 0 Å². The van der Waals surface area contributed by atoms with E-state index in [1.807, 2.05) is 11.3 Å². The molecule has 0 saturated carbocycles. The van der Waals surface area contributed by atoms with E-state index in [4.69, 9.17) is 4.74 Å². The summed E-state index contributed by atoms with van der Waals surface area (Å²) < 4.78 is 5.21. The Labute approximate surface area is 103 Å². The molecule has 0 amide bonds. The third kappa shape index (κ3) is 5.10. The number of ether oxygens (including phenoxy) is 1. The smallest absolute Gasteiger partial charge is 0.0618 e. The van der Waals surface area contributed by atoms with Gasteiger partial charge in [0.25, 0.3) is 0 Å². The second kappa shape index (κ2) is 7.82. The summed E-state index contributed by atoms with van der Waals surface area (Å²) in [6.07, 6.45) is 2.38. The monoisotopic (exact) mass is 241 g/mol. The van der Waals surface area contributed by atoms with E-state index >= 15 is 0 Å². The van der Waals surface area contributed by atoms with Crippen molar-refractivity contribution >= 4 is 11.3 Å². The second-order valence-corrected chi connectivity index (χ2v) is 5.48. The van der Waals surface area contributed by atoms with Crippen LogP contribution in [0.25, 0.3) is 0 Å². The molecule has 0 fully saturated rings. The highest BCUT2D eigenvalue weighted by Gasteiger charge is 2.11. The Morgan fingerprint density at radius 3 is 2.81 bits per heavy atom. The maximum atomic E-state index is 5.21. The van der Waals surface area contributed by atoms with Gasteiger partial charge in [0.15, 0.2) is 0 Å². The number of aryl methyl sites for hydroxylation is 1. The van der Waals surface area contributed by atoms with Crippen molar-refractivity contribution in [2.24, 2.45) is 5.92 Å². The summed E-state index contributed by atoms with van der Waals surface area (Å²) in [6.45, 7) is 6.34. The second-order valence-electron chi connectivity index (χ2n) is 4.44. The molecule has 0 aliphatic rings. The molecule has 1 atom stereocenters. The van der Waals surface area contributed by atoms with Crippen LogP contribution in [-0.2, 0) is 11.2 Å². The van der Waals surface area contributed by atoms with Crippen LogP contribution in [0.15, 0.2) is 17.5 Å². The third-order valence-corrected chi connectivity index (χ3v) is 3.67. The van der Waals surface area contributed by atoms with Gasteiger partial charge in [0.05, 0.1) is 6.61 Å². The number of hydrogen-bond donors (Lipinski definition) is 1. The van der Waals surface area contributed by atoms with E-state index in [1.54, 1.807) is 7.11 Å². The van der Waals surface area contributed by atoms with Gasteiger partial charge in [-0.25, -0.2) is 0 Å². The molecule has 0 saturated heterocycles. The third-order valence-electron chi connectivity index (χ3n) is 2.74. The average Bonchev–Trinajstić information content (AvgIpc) is 2.75. The molecule has 0 bridgehead atoms. The number of methoxy groups -OCH3 is 1. The number of thiophene rings is 1. The first-order chi connectivity index (χ1) is 7.74. The number of rotatable bonds is 8. The topological polar surface area (TPSA) is 21.3 Å². The van der Waals surface area contributed by atoms with Gasteiger partial charge in [-0.2, -0.15) is 0 Å². The molecule has 3 heteroatoms. The van der Waals surface area contributed by atoms with Crippen LogP contribution in [0.1, 0.15) is 25.1 Å². The van der Waals surface area contributed by atoms with Crippen LogP contribution in [0.3, 0.4) is 0 Å². The Hall–Kier alpha value is -0.380.